The van der Waals surface area contributed by atoms with Gasteiger partial charge in [0.15, 0.2) is 0 Å². The van der Waals surface area contributed by atoms with Crippen molar-refractivity contribution in [2.75, 3.05) is 6.54 Å². The second-order valence-electron chi connectivity index (χ2n) is 6.48. The number of carbonyl (C=O) groups excluding carboxylic acids is 1. The van der Waals surface area contributed by atoms with Crippen molar-refractivity contribution in [1.82, 2.24) is 10.2 Å². The van der Waals surface area contributed by atoms with Crippen LogP contribution in [0.4, 0.5) is 8.78 Å². The fourth-order valence-electron chi connectivity index (χ4n) is 2.44. The van der Waals surface area contributed by atoms with Gasteiger partial charge in [0.1, 0.15) is 17.8 Å². The SMILES string of the molecule is CC1NC(c2ccc(F)cc2F)N(CC(C)(C)C)C1=O. The molecule has 1 saturated heterocycles. The van der Waals surface area contributed by atoms with E-state index in [1.54, 1.807) is 11.8 Å². The molecule has 1 heterocycles. The molecule has 1 aliphatic heterocycles. The van der Waals surface area contributed by atoms with E-state index in [-0.39, 0.29) is 17.4 Å². The average Bonchev–Trinajstić information content (AvgIpc) is 2.55. The smallest absolute Gasteiger partial charge is 0.241 e. The van der Waals surface area contributed by atoms with Gasteiger partial charge in [-0.3, -0.25) is 10.1 Å². The van der Waals surface area contributed by atoms with E-state index in [9.17, 15) is 13.6 Å². The molecule has 3 nitrogen and oxygen atoms in total. The molecule has 2 atom stereocenters. The Morgan fingerprint density at radius 1 is 1.30 bits per heavy atom. The van der Waals surface area contributed by atoms with E-state index in [1.165, 1.54) is 12.1 Å². The van der Waals surface area contributed by atoms with Crippen molar-refractivity contribution in [3.63, 3.8) is 0 Å². The highest BCUT2D eigenvalue weighted by Gasteiger charge is 2.39. The summed E-state index contributed by atoms with van der Waals surface area (Å²) in [6.07, 6.45) is -0.544. The van der Waals surface area contributed by atoms with Crippen molar-refractivity contribution < 1.29 is 13.6 Å². The molecule has 0 aliphatic carbocycles. The van der Waals surface area contributed by atoms with E-state index < -0.39 is 17.8 Å². The Balaban J connectivity index is 2.35. The molecule has 2 unspecified atom stereocenters. The Kier molecular flexibility index (Phi) is 3.82. The van der Waals surface area contributed by atoms with Gasteiger partial charge in [0.05, 0.1) is 6.04 Å². The van der Waals surface area contributed by atoms with Gasteiger partial charge in [0.25, 0.3) is 0 Å². The topological polar surface area (TPSA) is 32.3 Å². The number of nitrogens with zero attached hydrogens (tertiary/aromatic N) is 1. The maximum Gasteiger partial charge on any atom is 0.241 e. The van der Waals surface area contributed by atoms with Gasteiger partial charge in [-0.1, -0.05) is 20.8 Å². The molecule has 1 fully saturated rings. The first-order valence-corrected chi connectivity index (χ1v) is 6.70. The second-order valence-corrected chi connectivity index (χ2v) is 6.48. The first-order valence-electron chi connectivity index (χ1n) is 6.70. The summed E-state index contributed by atoms with van der Waals surface area (Å²) >= 11 is 0. The van der Waals surface area contributed by atoms with Crippen molar-refractivity contribution in [2.24, 2.45) is 5.41 Å². The first kappa shape index (κ1) is 14.9. The van der Waals surface area contributed by atoms with Crippen LogP contribution in [0.25, 0.3) is 0 Å². The Morgan fingerprint density at radius 3 is 2.50 bits per heavy atom. The lowest BCUT2D eigenvalue weighted by atomic mass is 9.95. The molecule has 1 aromatic carbocycles. The molecular formula is C15H20F2N2O. The van der Waals surface area contributed by atoms with Crippen LogP contribution in [-0.4, -0.2) is 23.4 Å². The minimum Gasteiger partial charge on any atom is -0.321 e. The van der Waals surface area contributed by atoms with E-state index in [4.69, 9.17) is 0 Å². The van der Waals surface area contributed by atoms with Crippen LogP contribution < -0.4 is 5.32 Å². The summed E-state index contributed by atoms with van der Waals surface area (Å²) in [5.74, 6) is -1.32. The molecule has 1 amide bonds. The maximum atomic E-state index is 13.9. The van der Waals surface area contributed by atoms with Crippen molar-refractivity contribution in [3.8, 4) is 0 Å². The van der Waals surface area contributed by atoms with Gasteiger partial charge in [-0.05, 0) is 24.5 Å². The van der Waals surface area contributed by atoms with Crippen LogP contribution >= 0.6 is 0 Å². The molecule has 0 aromatic heterocycles. The molecule has 0 bridgehead atoms. The van der Waals surface area contributed by atoms with E-state index in [0.717, 1.165) is 6.07 Å². The summed E-state index contributed by atoms with van der Waals surface area (Å²) in [6.45, 7) is 8.30. The van der Waals surface area contributed by atoms with Crippen molar-refractivity contribution >= 4 is 5.91 Å². The number of halogens is 2. The summed E-state index contributed by atoms with van der Waals surface area (Å²) < 4.78 is 27.0. The van der Waals surface area contributed by atoms with Gasteiger partial charge in [-0.25, -0.2) is 8.78 Å². The third-order valence-electron chi connectivity index (χ3n) is 3.27. The van der Waals surface area contributed by atoms with Crippen LogP contribution in [0.2, 0.25) is 0 Å². The molecular weight excluding hydrogens is 262 g/mol. The van der Waals surface area contributed by atoms with Crippen LogP contribution in [0.3, 0.4) is 0 Å². The predicted molar refractivity (Wildman–Crippen MR) is 72.9 cm³/mol. The van der Waals surface area contributed by atoms with Gasteiger partial charge in [0, 0.05) is 18.2 Å². The third kappa shape index (κ3) is 2.98. The number of amides is 1. The number of hydrogen-bond donors (Lipinski definition) is 1. The highest BCUT2D eigenvalue weighted by molar-refractivity contribution is 5.84. The minimum absolute atomic E-state index is 0.0614. The van der Waals surface area contributed by atoms with Crippen molar-refractivity contribution in [2.45, 2.75) is 39.9 Å². The van der Waals surface area contributed by atoms with Gasteiger partial charge in [-0.15, -0.1) is 0 Å². The molecule has 1 aliphatic rings. The Labute approximate surface area is 118 Å². The summed E-state index contributed by atoms with van der Waals surface area (Å²) in [4.78, 5) is 13.8. The molecule has 0 radical (unpaired) electrons. The number of benzene rings is 1. The number of hydrogen-bond acceptors (Lipinski definition) is 2. The molecule has 20 heavy (non-hydrogen) atoms. The fourth-order valence-corrected chi connectivity index (χ4v) is 2.44. The zero-order valence-corrected chi connectivity index (χ0v) is 12.2. The summed E-state index contributed by atoms with van der Waals surface area (Å²) in [7, 11) is 0. The summed E-state index contributed by atoms with van der Waals surface area (Å²) in [6, 6.07) is 3.08. The molecule has 1 aromatic rings. The molecule has 2 rings (SSSR count). The molecule has 1 N–H and O–H groups in total. The lowest BCUT2D eigenvalue weighted by Gasteiger charge is -2.31. The Bertz CT molecular complexity index is 525. The molecule has 110 valence electrons. The van der Waals surface area contributed by atoms with Crippen molar-refractivity contribution in [1.29, 1.82) is 0 Å². The van der Waals surface area contributed by atoms with Crippen molar-refractivity contribution in [3.05, 3.63) is 35.4 Å². The molecule has 0 saturated carbocycles. The second kappa shape index (κ2) is 5.13. The van der Waals surface area contributed by atoms with Gasteiger partial charge in [-0.2, -0.15) is 0 Å². The number of rotatable bonds is 2. The van der Waals surface area contributed by atoms with Crippen LogP contribution in [-0.2, 0) is 4.79 Å². The van der Waals surface area contributed by atoms with E-state index in [2.05, 4.69) is 5.32 Å². The Morgan fingerprint density at radius 2 is 1.95 bits per heavy atom. The lowest BCUT2D eigenvalue weighted by molar-refractivity contribution is -0.131. The van der Waals surface area contributed by atoms with Gasteiger partial charge in [0.2, 0.25) is 5.91 Å². The predicted octanol–water partition coefficient (Wildman–Crippen LogP) is 2.83. The molecule has 0 spiro atoms. The minimum atomic E-state index is -0.636. The van der Waals surface area contributed by atoms with Crippen LogP contribution in [0, 0.1) is 17.0 Å². The summed E-state index contributed by atoms with van der Waals surface area (Å²) in [5, 5.41) is 3.07. The highest BCUT2D eigenvalue weighted by Crippen LogP contribution is 2.30. The first-order chi connectivity index (χ1) is 9.19. The van der Waals surface area contributed by atoms with Gasteiger partial charge < -0.3 is 4.90 Å². The monoisotopic (exact) mass is 282 g/mol. The standard InChI is InChI=1S/C15H20F2N2O/c1-9-14(20)19(8-15(2,3)4)13(18-9)11-6-5-10(16)7-12(11)17/h5-7,9,13,18H,8H2,1-4H3. The zero-order chi connectivity index (χ0) is 15.1. The van der Waals surface area contributed by atoms with E-state index in [0.29, 0.717) is 12.1 Å². The maximum absolute atomic E-state index is 13.9. The summed E-state index contributed by atoms with van der Waals surface area (Å²) in [5.41, 5.74) is 0.198. The fraction of sp³-hybridized carbons (Fsp3) is 0.533. The lowest BCUT2D eigenvalue weighted by Crippen LogP contribution is -2.37. The number of carbonyl (C=O) groups is 1. The van der Waals surface area contributed by atoms with Crippen LogP contribution in [0.5, 0.6) is 0 Å². The van der Waals surface area contributed by atoms with Crippen LogP contribution in [0.1, 0.15) is 39.4 Å². The Hall–Kier alpha value is -1.49. The zero-order valence-electron chi connectivity index (χ0n) is 12.2. The van der Waals surface area contributed by atoms with E-state index >= 15 is 0 Å². The normalized spacial score (nSPS) is 23.5. The average molecular weight is 282 g/mol. The number of nitrogens with one attached hydrogen (secondary N) is 1. The van der Waals surface area contributed by atoms with E-state index in [1.807, 2.05) is 20.8 Å². The van der Waals surface area contributed by atoms with Gasteiger partial charge >= 0.3 is 0 Å². The third-order valence-corrected chi connectivity index (χ3v) is 3.27. The quantitative estimate of drug-likeness (QED) is 0.904. The highest BCUT2D eigenvalue weighted by atomic mass is 19.1. The van der Waals surface area contributed by atoms with Crippen LogP contribution in [0.15, 0.2) is 18.2 Å². The largest absolute Gasteiger partial charge is 0.321 e. The molecule has 5 heteroatoms.